The lowest BCUT2D eigenvalue weighted by Gasteiger charge is -2.16. The summed E-state index contributed by atoms with van der Waals surface area (Å²) in [5, 5.41) is 9.09. The number of hydrogen-bond acceptors (Lipinski definition) is 0. The first-order chi connectivity index (χ1) is 23.8. The Hall–Kier alpha value is -6.12. The van der Waals surface area contributed by atoms with Crippen LogP contribution in [0, 0.1) is 0 Å². The van der Waals surface area contributed by atoms with Crippen LogP contribution in [0.3, 0.4) is 0 Å². The molecule has 0 saturated carbocycles. The summed E-state index contributed by atoms with van der Waals surface area (Å²) in [6, 6.07) is 56.1. The fraction of sp³-hybridized carbons (Fsp3) is 0.0435. The van der Waals surface area contributed by atoms with Crippen LogP contribution in [0.2, 0.25) is 0 Å². The van der Waals surface area contributed by atoms with E-state index >= 15 is 0 Å². The average molecular weight is 611 g/mol. The predicted octanol–water partition coefficient (Wildman–Crippen LogP) is 10.3. The molecule has 1 aliphatic carbocycles. The quantitative estimate of drug-likeness (QED) is 0.184. The predicted molar refractivity (Wildman–Crippen MR) is 202 cm³/mol. The zero-order valence-electron chi connectivity index (χ0n) is 26.3. The van der Waals surface area contributed by atoms with Gasteiger partial charge in [0.2, 0.25) is 0 Å². The van der Waals surface area contributed by atoms with Gasteiger partial charge >= 0.3 is 0 Å². The van der Waals surface area contributed by atoms with Gasteiger partial charge in [0.1, 0.15) is 0 Å². The molecular formula is C46H30N2. The van der Waals surface area contributed by atoms with Gasteiger partial charge in [0.15, 0.2) is 0 Å². The molecule has 0 N–H and O–H groups in total. The average Bonchev–Trinajstić information content (AvgIpc) is 3.62. The van der Waals surface area contributed by atoms with Gasteiger partial charge in [-0.2, -0.15) is 0 Å². The van der Waals surface area contributed by atoms with Crippen LogP contribution in [0.4, 0.5) is 0 Å². The van der Waals surface area contributed by atoms with Crippen molar-refractivity contribution in [2.75, 3.05) is 0 Å². The second-order valence-electron chi connectivity index (χ2n) is 13.3. The summed E-state index contributed by atoms with van der Waals surface area (Å²) in [5.74, 6) is 0.292. The number of nitrogens with zero attached hydrogens (tertiary/aromatic N) is 2. The van der Waals surface area contributed by atoms with Gasteiger partial charge in [0.25, 0.3) is 0 Å². The Balaban J connectivity index is 1.12. The molecule has 0 fully saturated rings. The molecule has 9 aromatic rings. The van der Waals surface area contributed by atoms with Crippen LogP contribution in [0.1, 0.15) is 17.9 Å². The van der Waals surface area contributed by atoms with Crippen molar-refractivity contribution >= 4 is 55.6 Å². The van der Waals surface area contributed by atoms with E-state index in [1.165, 1.54) is 93.2 Å². The molecule has 2 nitrogen and oxygen atoms in total. The van der Waals surface area contributed by atoms with Crippen LogP contribution in [0.15, 0.2) is 152 Å². The molecule has 0 radical (unpaired) electrons. The van der Waals surface area contributed by atoms with Gasteiger partial charge in [0, 0.05) is 49.5 Å². The Morgan fingerprint density at radius 1 is 0.479 bits per heavy atom. The van der Waals surface area contributed by atoms with E-state index < -0.39 is 0 Å². The Labute approximate surface area is 277 Å². The Bertz CT molecular complexity index is 2930. The van der Waals surface area contributed by atoms with E-state index in [2.05, 4.69) is 173 Å². The molecule has 2 aliphatic rings. The molecule has 11 rings (SSSR count). The number of para-hydroxylation sites is 3. The summed E-state index contributed by atoms with van der Waals surface area (Å²) in [5.41, 5.74) is 12.8. The van der Waals surface area contributed by atoms with Crippen LogP contribution >= 0.6 is 0 Å². The highest BCUT2D eigenvalue weighted by molar-refractivity contribution is 6.16. The maximum atomic E-state index is 2.52. The summed E-state index contributed by atoms with van der Waals surface area (Å²) in [4.78, 5) is 0. The minimum Gasteiger partial charge on any atom is -0.310 e. The van der Waals surface area contributed by atoms with E-state index in [4.69, 9.17) is 0 Å². The van der Waals surface area contributed by atoms with Crippen molar-refractivity contribution in [1.82, 2.24) is 9.13 Å². The van der Waals surface area contributed by atoms with Crippen LogP contribution in [0.5, 0.6) is 0 Å². The van der Waals surface area contributed by atoms with E-state index in [1.54, 1.807) is 0 Å². The maximum absolute atomic E-state index is 2.52. The standard InChI is InChI=1S/C46H30N2/c1-2-11-30-26-33(23-20-29(30)10-1)47-42-18-7-6-15-37(42)40-27-31(21-24-44(40)47)32-22-25-45-41(28-32)39-17-9-16-38-35-13-4-3-12-34(35)36-14-5-8-19-43(36)48(45)46(38)39/h1-20,22-28,31H,21H2. The van der Waals surface area contributed by atoms with Gasteiger partial charge in [-0.3, -0.25) is 0 Å². The zero-order valence-corrected chi connectivity index (χ0v) is 26.3. The molecule has 2 heteroatoms. The smallest absolute Gasteiger partial charge is 0.0619 e. The molecule has 1 atom stereocenters. The van der Waals surface area contributed by atoms with Crippen LogP contribution in [-0.2, 0) is 0 Å². The summed E-state index contributed by atoms with van der Waals surface area (Å²) < 4.78 is 4.96. The highest BCUT2D eigenvalue weighted by Crippen LogP contribution is 2.46. The lowest BCUT2D eigenvalue weighted by Crippen LogP contribution is -2.31. The van der Waals surface area contributed by atoms with Gasteiger partial charge < -0.3 is 9.13 Å². The number of aromatic nitrogens is 2. The summed E-state index contributed by atoms with van der Waals surface area (Å²) in [6.07, 6.45) is 5.95. The summed E-state index contributed by atoms with van der Waals surface area (Å²) >= 11 is 0. The number of rotatable bonds is 2. The van der Waals surface area contributed by atoms with E-state index in [1.807, 2.05) is 0 Å². The molecule has 0 amide bonds. The van der Waals surface area contributed by atoms with Gasteiger partial charge in [-0.25, -0.2) is 0 Å². The fourth-order valence-electron chi connectivity index (χ4n) is 8.63. The minimum absolute atomic E-state index is 0.292. The Kier molecular flexibility index (Phi) is 5.25. The van der Waals surface area contributed by atoms with Crippen LogP contribution < -0.4 is 10.6 Å². The van der Waals surface area contributed by atoms with Crippen LogP contribution in [-0.4, -0.2) is 9.13 Å². The number of hydrogen-bond donors (Lipinski definition) is 0. The Morgan fingerprint density at radius 3 is 2.10 bits per heavy atom. The molecule has 1 aliphatic heterocycles. The third-order valence-electron chi connectivity index (χ3n) is 10.8. The van der Waals surface area contributed by atoms with E-state index in [0.29, 0.717) is 5.92 Å². The van der Waals surface area contributed by atoms with Crippen molar-refractivity contribution in [3.8, 4) is 33.6 Å². The SMILES string of the molecule is C1=c2c(n(-c3ccc4ccccc4c3)c3ccccc23)=CCC1c1ccc2c(c1)c1cccc3c1n2-c1ccccc1-c1ccccc1-3. The number of fused-ring (bicyclic) bond motifs is 12. The normalized spacial score (nSPS) is 14.7. The van der Waals surface area contributed by atoms with Gasteiger partial charge in [-0.15, -0.1) is 0 Å². The van der Waals surface area contributed by atoms with Crippen molar-refractivity contribution in [3.63, 3.8) is 0 Å². The van der Waals surface area contributed by atoms with Gasteiger partial charge in [0.05, 0.1) is 22.2 Å². The van der Waals surface area contributed by atoms with Gasteiger partial charge in [-0.1, -0.05) is 127 Å². The van der Waals surface area contributed by atoms with Crippen LogP contribution in [0.25, 0.3) is 89.3 Å². The topological polar surface area (TPSA) is 9.86 Å². The maximum Gasteiger partial charge on any atom is 0.0619 e. The second-order valence-corrected chi connectivity index (χ2v) is 13.3. The van der Waals surface area contributed by atoms with Crippen molar-refractivity contribution in [3.05, 3.63) is 168 Å². The lowest BCUT2D eigenvalue weighted by molar-refractivity contribution is 0.909. The monoisotopic (exact) mass is 610 g/mol. The zero-order chi connectivity index (χ0) is 31.3. The first-order valence-electron chi connectivity index (χ1n) is 16.9. The molecule has 0 bridgehead atoms. The highest BCUT2D eigenvalue weighted by Gasteiger charge is 2.25. The highest BCUT2D eigenvalue weighted by atomic mass is 15.0. The van der Waals surface area contributed by atoms with E-state index in [0.717, 1.165) is 6.42 Å². The number of benzene rings is 7. The molecule has 2 aromatic heterocycles. The molecule has 1 unspecified atom stereocenters. The molecule has 0 spiro atoms. The van der Waals surface area contributed by atoms with E-state index in [9.17, 15) is 0 Å². The lowest BCUT2D eigenvalue weighted by atomic mass is 9.90. The third-order valence-corrected chi connectivity index (χ3v) is 10.8. The summed E-state index contributed by atoms with van der Waals surface area (Å²) in [7, 11) is 0. The first-order valence-corrected chi connectivity index (χ1v) is 16.9. The van der Waals surface area contributed by atoms with Crippen molar-refractivity contribution in [2.45, 2.75) is 12.3 Å². The molecule has 48 heavy (non-hydrogen) atoms. The molecule has 3 heterocycles. The Morgan fingerprint density at radius 2 is 1.19 bits per heavy atom. The van der Waals surface area contributed by atoms with E-state index in [-0.39, 0.29) is 0 Å². The minimum atomic E-state index is 0.292. The third kappa shape index (κ3) is 3.52. The van der Waals surface area contributed by atoms with Crippen molar-refractivity contribution in [2.24, 2.45) is 0 Å². The first kappa shape index (κ1) is 26.0. The van der Waals surface area contributed by atoms with Gasteiger partial charge in [-0.05, 0) is 70.3 Å². The molecule has 7 aromatic carbocycles. The molecule has 224 valence electrons. The molecule has 0 saturated heterocycles. The fourth-order valence-corrected chi connectivity index (χ4v) is 8.63. The second kappa shape index (κ2) is 9.70. The summed E-state index contributed by atoms with van der Waals surface area (Å²) in [6.45, 7) is 0. The van der Waals surface area contributed by atoms with Crippen molar-refractivity contribution < 1.29 is 0 Å². The van der Waals surface area contributed by atoms with Crippen molar-refractivity contribution in [1.29, 1.82) is 0 Å². The largest absolute Gasteiger partial charge is 0.310 e. The molecular weight excluding hydrogens is 581 g/mol.